The van der Waals surface area contributed by atoms with E-state index in [2.05, 4.69) is 58.0 Å². The second-order valence-corrected chi connectivity index (χ2v) is 11.5. The van der Waals surface area contributed by atoms with Gasteiger partial charge in [-0.3, -0.25) is 4.90 Å². The Bertz CT molecular complexity index is 1310. The molecule has 1 saturated carbocycles. The normalized spacial score (nSPS) is 22.5. The summed E-state index contributed by atoms with van der Waals surface area (Å²) in [4.78, 5) is 15.2. The molecule has 2 N–H and O–H groups in total. The van der Waals surface area contributed by atoms with E-state index >= 15 is 0 Å². The largest absolute Gasteiger partial charge is 0.493 e. The number of carbonyl (C=O) groups excluding carboxylic acids is 1. The molecule has 0 spiro atoms. The highest BCUT2D eigenvalue weighted by Gasteiger charge is 2.51. The smallest absolute Gasteiger partial charge is 0.350 e. The molecule has 0 amide bonds. The van der Waals surface area contributed by atoms with Gasteiger partial charge in [-0.2, -0.15) is 0 Å². The van der Waals surface area contributed by atoms with Crippen molar-refractivity contribution in [2.75, 3.05) is 33.2 Å². The number of hydrogen-bond acceptors (Lipinski definition) is 7. The number of carbonyl (C=O) groups is 1. The van der Waals surface area contributed by atoms with E-state index in [0.717, 1.165) is 50.3 Å². The molecule has 5 rings (SSSR count). The minimum absolute atomic E-state index is 0.0208. The predicted octanol–water partition coefficient (Wildman–Crippen LogP) is 5.60. The summed E-state index contributed by atoms with van der Waals surface area (Å²) >= 11 is 7.02. The minimum Gasteiger partial charge on any atom is -0.493 e. The number of nitrogens with one attached hydrogen (secondary N) is 2. The Morgan fingerprint density at radius 2 is 1.87 bits per heavy atom. The van der Waals surface area contributed by atoms with Crippen molar-refractivity contribution in [3.05, 3.63) is 76.0 Å². The van der Waals surface area contributed by atoms with E-state index < -0.39 is 0 Å². The Hall–Kier alpha value is -3.14. The molecule has 0 unspecified atom stereocenters. The molecule has 2 fully saturated rings. The molecule has 1 saturated heterocycles. The molecule has 206 valence electrons. The van der Waals surface area contributed by atoms with Gasteiger partial charge < -0.3 is 24.8 Å². The summed E-state index contributed by atoms with van der Waals surface area (Å²) in [6.45, 7) is 1.94. The number of ether oxygens (including phenoxy) is 3. The summed E-state index contributed by atoms with van der Waals surface area (Å²) in [5.74, 6) is 1.16. The van der Waals surface area contributed by atoms with Crippen LogP contribution in [-0.2, 0) is 16.7 Å². The zero-order valence-electron chi connectivity index (χ0n) is 22.6. The van der Waals surface area contributed by atoms with Gasteiger partial charge in [0.25, 0.3) is 0 Å². The highest BCUT2D eigenvalue weighted by atomic mass is 32.1. The Kier molecular flexibility index (Phi) is 8.40. The van der Waals surface area contributed by atoms with Crippen molar-refractivity contribution in [1.82, 2.24) is 10.2 Å². The van der Waals surface area contributed by atoms with Crippen molar-refractivity contribution >= 4 is 40.3 Å². The number of nitrogens with zero attached hydrogens (tertiary/aromatic N) is 1. The fraction of sp³-hybridized carbons (Fsp3) is 0.400. The van der Waals surface area contributed by atoms with Crippen LogP contribution in [0.3, 0.4) is 0 Å². The third-order valence-corrected chi connectivity index (χ3v) is 9.29. The molecule has 2 aliphatic rings. The quantitative estimate of drug-likeness (QED) is 0.270. The first kappa shape index (κ1) is 27.4. The standard InChI is InChI=1S/C30H35N3O4S2/c1-35-24-10-9-21(17-25(24)36-2)30-13-11-22(31-29(38)32-23-12-16-39-27(23)28(34)37-3)18-26(30)33(15-14-30)19-20-7-5-4-6-8-20/h4-10,12,16-17,22,26H,11,13-15,18-19H2,1-3H3,(H2,31,32,38)/t22-,26+,30-/m0/s1. The van der Waals surface area contributed by atoms with Gasteiger partial charge in [-0.25, -0.2) is 4.79 Å². The van der Waals surface area contributed by atoms with Crippen LogP contribution in [0, 0.1) is 0 Å². The number of benzene rings is 2. The van der Waals surface area contributed by atoms with Gasteiger partial charge in [-0.05, 0) is 79.2 Å². The van der Waals surface area contributed by atoms with Crippen LogP contribution in [0.4, 0.5) is 5.69 Å². The van der Waals surface area contributed by atoms with Crippen LogP contribution in [0.1, 0.15) is 46.5 Å². The van der Waals surface area contributed by atoms with E-state index in [-0.39, 0.29) is 17.4 Å². The maximum Gasteiger partial charge on any atom is 0.350 e. The molecule has 2 aromatic carbocycles. The summed E-state index contributed by atoms with van der Waals surface area (Å²) in [5, 5.41) is 9.15. The van der Waals surface area contributed by atoms with Crippen LogP contribution in [-0.4, -0.2) is 55.9 Å². The van der Waals surface area contributed by atoms with Gasteiger partial charge in [0.15, 0.2) is 16.6 Å². The molecular weight excluding hydrogens is 530 g/mol. The number of thiocarbonyl (C=S) groups is 1. The second-order valence-electron chi connectivity index (χ2n) is 10.2. The molecular formula is C30H35N3O4S2. The molecule has 1 aliphatic carbocycles. The molecule has 0 bridgehead atoms. The van der Waals surface area contributed by atoms with Crippen LogP contribution >= 0.6 is 23.6 Å². The van der Waals surface area contributed by atoms with Gasteiger partial charge in [-0.15, -0.1) is 11.3 Å². The Balaban J connectivity index is 1.37. The van der Waals surface area contributed by atoms with Crippen LogP contribution < -0.4 is 20.1 Å². The lowest BCUT2D eigenvalue weighted by molar-refractivity contribution is 0.0607. The van der Waals surface area contributed by atoms with Gasteiger partial charge in [0.1, 0.15) is 4.88 Å². The number of fused-ring (bicyclic) bond motifs is 1. The average Bonchev–Trinajstić information content (AvgIpc) is 3.58. The van der Waals surface area contributed by atoms with Crippen molar-refractivity contribution in [3.63, 3.8) is 0 Å². The van der Waals surface area contributed by atoms with Crippen LogP contribution in [0.15, 0.2) is 60.0 Å². The first-order valence-corrected chi connectivity index (χ1v) is 14.5. The molecule has 0 radical (unpaired) electrons. The Labute approximate surface area is 239 Å². The van der Waals surface area contributed by atoms with Crippen LogP contribution in [0.25, 0.3) is 0 Å². The molecule has 3 atom stereocenters. The summed E-state index contributed by atoms with van der Waals surface area (Å²) in [6.07, 6.45) is 4.06. The summed E-state index contributed by atoms with van der Waals surface area (Å²) in [6, 6.07) is 19.5. The molecule has 39 heavy (non-hydrogen) atoms. The zero-order chi connectivity index (χ0) is 27.4. The van der Waals surface area contributed by atoms with Crippen molar-refractivity contribution in [2.45, 2.75) is 49.7 Å². The number of hydrogen-bond donors (Lipinski definition) is 2. The predicted molar refractivity (Wildman–Crippen MR) is 159 cm³/mol. The number of esters is 1. The van der Waals surface area contributed by atoms with Crippen molar-refractivity contribution in [1.29, 1.82) is 0 Å². The van der Waals surface area contributed by atoms with Gasteiger partial charge in [0.05, 0.1) is 27.0 Å². The van der Waals surface area contributed by atoms with Crippen molar-refractivity contribution in [3.8, 4) is 11.5 Å². The maximum atomic E-state index is 12.1. The molecule has 9 heteroatoms. The van der Waals surface area contributed by atoms with Gasteiger partial charge in [0.2, 0.25) is 0 Å². The van der Waals surface area contributed by atoms with E-state index in [9.17, 15) is 4.79 Å². The number of rotatable bonds is 8. The minimum atomic E-state index is -0.366. The maximum absolute atomic E-state index is 12.1. The molecule has 7 nitrogen and oxygen atoms in total. The highest BCUT2D eigenvalue weighted by molar-refractivity contribution is 7.80. The lowest BCUT2D eigenvalue weighted by atomic mass is 9.65. The van der Waals surface area contributed by atoms with E-state index in [1.54, 1.807) is 14.2 Å². The lowest BCUT2D eigenvalue weighted by Gasteiger charge is -2.46. The molecule has 1 aliphatic heterocycles. The van der Waals surface area contributed by atoms with Gasteiger partial charge >= 0.3 is 5.97 Å². The Morgan fingerprint density at radius 3 is 2.62 bits per heavy atom. The highest BCUT2D eigenvalue weighted by Crippen LogP contribution is 2.50. The van der Waals surface area contributed by atoms with E-state index in [1.807, 2.05) is 17.5 Å². The number of methoxy groups -OCH3 is 3. The summed E-state index contributed by atoms with van der Waals surface area (Å²) in [7, 11) is 4.76. The third kappa shape index (κ3) is 5.62. The fourth-order valence-electron chi connectivity index (χ4n) is 6.27. The van der Waals surface area contributed by atoms with E-state index in [4.69, 9.17) is 26.4 Å². The summed E-state index contributed by atoms with van der Waals surface area (Å²) in [5.41, 5.74) is 3.32. The third-order valence-electron chi connectivity index (χ3n) is 8.18. The molecule has 1 aromatic heterocycles. The van der Waals surface area contributed by atoms with Gasteiger partial charge in [-0.1, -0.05) is 36.4 Å². The monoisotopic (exact) mass is 565 g/mol. The molecule has 2 heterocycles. The number of anilines is 1. The average molecular weight is 566 g/mol. The van der Waals surface area contributed by atoms with Crippen molar-refractivity contribution in [2.24, 2.45) is 0 Å². The van der Waals surface area contributed by atoms with Crippen molar-refractivity contribution < 1.29 is 19.0 Å². The summed E-state index contributed by atoms with van der Waals surface area (Å²) < 4.78 is 16.1. The van der Waals surface area contributed by atoms with Crippen LogP contribution in [0.2, 0.25) is 0 Å². The SMILES string of the molecule is COC(=O)c1sccc1NC(=S)N[C@H]1CC[C@@]2(c3ccc(OC)c(OC)c3)CCN(Cc3ccccc3)[C@@H]2C1. The Morgan fingerprint density at radius 1 is 1.08 bits per heavy atom. The van der Waals surface area contributed by atoms with E-state index in [0.29, 0.717) is 21.7 Å². The second kappa shape index (κ2) is 11.9. The van der Waals surface area contributed by atoms with E-state index in [1.165, 1.54) is 29.6 Å². The molecule has 3 aromatic rings. The lowest BCUT2D eigenvalue weighted by Crippen LogP contribution is -2.52. The topological polar surface area (TPSA) is 72.1 Å². The first-order valence-electron chi connectivity index (χ1n) is 13.2. The number of thiophene rings is 1. The number of likely N-dealkylation sites (tertiary alicyclic amines) is 1. The zero-order valence-corrected chi connectivity index (χ0v) is 24.2. The first-order chi connectivity index (χ1) is 19.0. The van der Waals surface area contributed by atoms with Gasteiger partial charge in [0, 0.05) is 24.0 Å². The fourth-order valence-corrected chi connectivity index (χ4v) is 7.31. The van der Waals surface area contributed by atoms with Crippen LogP contribution in [0.5, 0.6) is 11.5 Å².